The Balaban J connectivity index is 3.52. The molecule has 1 amide bonds. The highest BCUT2D eigenvalue weighted by atomic mass is 32.2. The molecule has 0 aliphatic heterocycles. The number of primary amides is 1. The van der Waals surface area contributed by atoms with Crippen molar-refractivity contribution in [3.63, 3.8) is 0 Å². The molecule has 6 nitrogen and oxygen atoms in total. The van der Waals surface area contributed by atoms with Gasteiger partial charge in [-0.1, -0.05) is 6.58 Å². The van der Waals surface area contributed by atoms with Gasteiger partial charge in [-0.3, -0.25) is 9.35 Å². The third kappa shape index (κ3) is 2.83. The number of amides is 1. The minimum absolute atomic E-state index is 0.0548. The maximum absolute atomic E-state index is 11.2. The van der Waals surface area contributed by atoms with Crippen LogP contribution in [-0.4, -0.2) is 26.0 Å². The molecule has 0 radical (unpaired) electrons. The number of hydrogen-bond donors (Lipinski definition) is 2. The Bertz CT molecular complexity index is 576. The molecular weight excluding hydrogens is 246 g/mol. The van der Waals surface area contributed by atoms with Crippen LogP contribution in [0.15, 0.2) is 29.7 Å². The number of benzene rings is 1. The first-order valence-corrected chi connectivity index (χ1v) is 5.86. The summed E-state index contributed by atoms with van der Waals surface area (Å²) < 4.78 is 36.2. The summed E-state index contributed by atoms with van der Waals surface area (Å²) in [6, 6.07) is 3.80. The molecule has 1 aromatic carbocycles. The molecule has 1 rings (SSSR count). The Hall–Kier alpha value is -1.86. The van der Waals surface area contributed by atoms with Gasteiger partial charge in [0.1, 0.15) is 10.6 Å². The van der Waals surface area contributed by atoms with Crippen LogP contribution >= 0.6 is 0 Å². The molecule has 0 unspecified atom stereocenters. The lowest BCUT2D eigenvalue weighted by molar-refractivity contribution is -0.112. The van der Waals surface area contributed by atoms with Crippen LogP contribution in [0.25, 0.3) is 5.57 Å². The van der Waals surface area contributed by atoms with Crippen LogP contribution in [0, 0.1) is 0 Å². The summed E-state index contributed by atoms with van der Waals surface area (Å²) >= 11 is 0. The summed E-state index contributed by atoms with van der Waals surface area (Å²) in [7, 11) is -3.15. The highest BCUT2D eigenvalue weighted by Crippen LogP contribution is 2.26. The topological polar surface area (TPSA) is 107 Å². The van der Waals surface area contributed by atoms with Crippen LogP contribution in [0.4, 0.5) is 0 Å². The van der Waals surface area contributed by atoms with Crippen molar-refractivity contribution in [2.24, 2.45) is 5.73 Å². The molecule has 0 aliphatic carbocycles. The molecule has 0 aliphatic rings. The van der Waals surface area contributed by atoms with E-state index in [1.165, 1.54) is 19.2 Å². The third-order valence-electron chi connectivity index (χ3n) is 2.09. The van der Waals surface area contributed by atoms with Crippen LogP contribution in [0.2, 0.25) is 0 Å². The van der Waals surface area contributed by atoms with E-state index in [1.807, 2.05) is 0 Å². The summed E-state index contributed by atoms with van der Waals surface area (Å²) in [5.41, 5.74) is 4.74. The number of hydrogen-bond acceptors (Lipinski definition) is 4. The van der Waals surface area contributed by atoms with Gasteiger partial charge in [-0.15, -0.1) is 0 Å². The third-order valence-corrected chi connectivity index (χ3v) is 2.98. The van der Waals surface area contributed by atoms with Crippen molar-refractivity contribution in [3.05, 3.63) is 30.3 Å². The van der Waals surface area contributed by atoms with E-state index in [0.29, 0.717) is 0 Å². The summed E-state index contributed by atoms with van der Waals surface area (Å²) in [6.45, 7) is 3.36. The molecule has 92 valence electrons. The van der Waals surface area contributed by atoms with Crippen molar-refractivity contribution in [1.29, 1.82) is 0 Å². The molecular formula is C10H11NO5S. The van der Waals surface area contributed by atoms with Gasteiger partial charge in [-0.05, 0) is 12.1 Å². The van der Waals surface area contributed by atoms with Crippen molar-refractivity contribution in [1.82, 2.24) is 0 Å². The first-order valence-electron chi connectivity index (χ1n) is 4.42. The quantitative estimate of drug-likeness (QED) is 0.601. The van der Waals surface area contributed by atoms with Crippen LogP contribution in [-0.2, 0) is 14.9 Å². The molecule has 1 aromatic rings. The van der Waals surface area contributed by atoms with Crippen molar-refractivity contribution in [2.45, 2.75) is 4.90 Å². The number of carbonyl (C=O) groups excluding carboxylic acids is 1. The first-order chi connectivity index (χ1) is 7.77. The van der Waals surface area contributed by atoms with Gasteiger partial charge >= 0.3 is 0 Å². The Kier molecular flexibility index (Phi) is 3.54. The van der Waals surface area contributed by atoms with Gasteiger partial charge in [0.2, 0.25) is 5.91 Å². The zero-order chi connectivity index (χ0) is 13.2. The van der Waals surface area contributed by atoms with Crippen LogP contribution in [0.1, 0.15) is 5.56 Å². The summed E-state index contributed by atoms with van der Waals surface area (Å²) in [4.78, 5) is 10.5. The molecule has 0 bridgehead atoms. The second-order valence-electron chi connectivity index (χ2n) is 3.18. The lowest BCUT2D eigenvalue weighted by Gasteiger charge is -2.09. The zero-order valence-electron chi connectivity index (χ0n) is 9.00. The number of nitrogens with two attached hydrogens (primary N) is 1. The largest absolute Gasteiger partial charge is 0.497 e. The van der Waals surface area contributed by atoms with E-state index in [0.717, 1.165) is 6.07 Å². The van der Waals surface area contributed by atoms with Crippen molar-refractivity contribution >= 4 is 21.6 Å². The Labute approximate surface area is 98.4 Å². The summed E-state index contributed by atoms with van der Waals surface area (Å²) in [5.74, 6) is -0.654. The predicted octanol–water partition coefficient (Wildman–Crippen LogP) is 0.440. The minimum Gasteiger partial charge on any atom is -0.497 e. The summed E-state index contributed by atoms with van der Waals surface area (Å²) in [5, 5.41) is 0. The second kappa shape index (κ2) is 4.56. The zero-order valence-corrected chi connectivity index (χ0v) is 9.82. The van der Waals surface area contributed by atoms with E-state index in [-0.39, 0.29) is 16.9 Å². The highest BCUT2D eigenvalue weighted by molar-refractivity contribution is 7.86. The number of carbonyl (C=O) groups is 1. The van der Waals surface area contributed by atoms with E-state index in [4.69, 9.17) is 15.0 Å². The van der Waals surface area contributed by atoms with Crippen LogP contribution < -0.4 is 10.5 Å². The summed E-state index contributed by atoms with van der Waals surface area (Å²) in [6.07, 6.45) is 0. The molecule has 0 aromatic heterocycles. The van der Waals surface area contributed by atoms with Gasteiger partial charge in [-0.2, -0.15) is 8.42 Å². The van der Waals surface area contributed by atoms with E-state index >= 15 is 0 Å². The minimum atomic E-state index is -4.49. The van der Waals surface area contributed by atoms with Gasteiger partial charge in [0.15, 0.2) is 0 Å². The van der Waals surface area contributed by atoms with Gasteiger partial charge in [0.05, 0.1) is 7.11 Å². The lowest BCUT2D eigenvalue weighted by Crippen LogP contribution is -2.14. The van der Waals surface area contributed by atoms with Crippen LogP contribution in [0.3, 0.4) is 0 Å². The van der Waals surface area contributed by atoms with Gasteiger partial charge in [-0.25, -0.2) is 0 Å². The van der Waals surface area contributed by atoms with Crippen molar-refractivity contribution in [2.75, 3.05) is 7.11 Å². The molecule has 3 N–H and O–H groups in total. The average molecular weight is 257 g/mol. The molecule has 0 fully saturated rings. The Morgan fingerprint density at radius 1 is 1.47 bits per heavy atom. The lowest BCUT2D eigenvalue weighted by atomic mass is 10.1. The fourth-order valence-corrected chi connectivity index (χ4v) is 1.96. The standard InChI is InChI=1S/C10H11NO5S/c1-6(10(11)12)8-4-3-7(16-2)5-9(8)17(13,14)15/h3-5H,1H2,2H3,(H2,11,12)(H,13,14,15). The monoisotopic (exact) mass is 257 g/mol. The van der Waals surface area contributed by atoms with Gasteiger partial charge in [0, 0.05) is 17.2 Å². The molecule has 7 heteroatoms. The van der Waals surface area contributed by atoms with E-state index in [9.17, 15) is 13.2 Å². The molecule has 0 heterocycles. The van der Waals surface area contributed by atoms with Gasteiger partial charge < -0.3 is 10.5 Å². The number of methoxy groups -OCH3 is 1. The SMILES string of the molecule is C=C(C(N)=O)c1ccc(OC)cc1S(=O)(=O)O. The average Bonchev–Trinajstić information content (AvgIpc) is 2.26. The van der Waals surface area contributed by atoms with Crippen molar-refractivity contribution in [3.8, 4) is 5.75 Å². The van der Waals surface area contributed by atoms with E-state index < -0.39 is 20.9 Å². The molecule has 0 saturated carbocycles. The first kappa shape index (κ1) is 13.2. The highest BCUT2D eigenvalue weighted by Gasteiger charge is 2.20. The normalized spacial score (nSPS) is 10.9. The maximum Gasteiger partial charge on any atom is 0.295 e. The van der Waals surface area contributed by atoms with Crippen LogP contribution in [0.5, 0.6) is 5.75 Å². The van der Waals surface area contributed by atoms with Gasteiger partial charge in [0.25, 0.3) is 10.1 Å². The smallest absolute Gasteiger partial charge is 0.295 e. The fraction of sp³-hybridized carbons (Fsp3) is 0.100. The second-order valence-corrected chi connectivity index (χ2v) is 4.57. The predicted molar refractivity (Wildman–Crippen MR) is 61.0 cm³/mol. The molecule has 0 spiro atoms. The molecule has 0 atom stereocenters. The van der Waals surface area contributed by atoms with Crippen molar-refractivity contribution < 1.29 is 22.5 Å². The number of ether oxygens (including phenoxy) is 1. The number of rotatable bonds is 4. The fourth-order valence-electron chi connectivity index (χ4n) is 1.23. The Morgan fingerprint density at radius 2 is 2.06 bits per heavy atom. The van der Waals surface area contributed by atoms with E-state index in [1.54, 1.807) is 0 Å². The Morgan fingerprint density at radius 3 is 2.47 bits per heavy atom. The molecule has 17 heavy (non-hydrogen) atoms. The maximum atomic E-state index is 11.2. The molecule has 0 saturated heterocycles. The van der Waals surface area contributed by atoms with E-state index in [2.05, 4.69) is 6.58 Å².